The van der Waals surface area contributed by atoms with Crippen LogP contribution in [0.3, 0.4) is 0 Å². The zero-order chi connectivity index (χ0) is 6.95. The number of hydrogen-bond acceptors (Lipinski definition) is 1. The van der Waals surface area contributed by atoms with Crippen molar-refractivity contribution in [3.05, 3.63) is 25.2 Å². The van der Waals surface area contributed by atoms with Crippen molar-refractivity contribution in [2.24, 2.45) is 0 Å². The molecule has 0 atom stereocenters. The van der Waals surface area contributed by atoms with Gasteiger partial charge >= 0.3 is 0 Å². The number of halogens is 1. The summed E-state index contributed by atoms with van der Waals surface area (Å²) < 4.78 is 16.0. The van der Waals surface area contributed by atoms with Crippen LogP contribution in [0.25, 0.3) is 0 Å². The van der Waals surface area contributed by atoms with Gasteiger partial charge in [-0.3, -0.25) is 0 Å². The molecule has 0 radical (unpaired) electrons. The molecule has 0 bridgehead atoms. The zero-order valence-corrected chi connectivity index (χ0v) is 5.35. The molecule has 1 nitrogen and oxygen atoms in total. The van der Waals surface area contributed by atoms with E-state index in [1.54, 1.807) is 0 Å². The highest BCUT2D eigenvalue weighted by Crippen LogP contribution is 1.91. The highest BCUT2D eigenvalue weighted by molar-refractivity contribution is 4.71. The van der Waals surface area contributed by atoms with Crippen LogP contribution < -0.4 is 0 Å². The highest BCUT2D eigenvalue weighted by atomic mass is 19.1. The first-order valence-electron chi connectivity index (χ1n) is 2.89. The third kappa shape index (κ3) is 7.21. The van der Waals surface area contributed by atoms with E-state index in [1.165, 1.54) is 12.3 Å². The van der Waals surface area contributed by atoms with E-state index in [1.807, 2.05) is 0 Å². The van der Waals surface area contributed by atoms with Crippen molar-refractivity contribution < 1.29 is 9.13 Å². The fraction of sp³-hybridized carbons (Fsp3) is 0.429. The maximum absolute atomic E-state index is 11.3. The molecule has 0 fully saturated rings. The summed E-state index contributed by atoms with van der Waals surface area (Å²) in [5.74, 6) is 0. The van der Waals surface area contributed by atoms with Crippen molar-refractivity contribution in [3.63, 3.8) is 0 Å². The van der Waals surface area contributed by atoms with Crippen molar-refractivity contribution in [3.8, 4) is 0 Å². The van der Waals surface area contributed by atoms with Gasteiger partial charge < -0.3 is 4.74 Å². The lowest BCUT2D eigenvalue weighted by Gasteiger charge is -1.94. The van der Waals surface area contributed by atoms with Gasteiger partial charge in [0.15, 0.2) is 0 Å². The molecule has 0 aromatic carbocycles. The van der Waals surface area contributed by atoms with Crippen LogP contribution in [0.15, 0.2) is 25.2 Å². The van der Waals surface area contributed by atoms with Crippen LogP contribution in [0.1, 0.15) is 12.8 Å². The van der Waals surface area contributed by atoms with E-state index >= 15 is 0 Å². The second kappa shape index (κ2) is 7.21. The Morgan fingerprint density at radius 2 is 2.33 bits per heavy atom. The van der Waals surface area contributed by atoms with Gasteiger partial charge in [-0.05, 0) is 12.8 Å². The van der Waals surface area contributed by atoms with Crippen molar-refractivity contribution in [1.29, 1.82) is 0 Å². The van der Waals surface area contributed by atoms with Gasteiger partial charge in [-0.25, -0.2) is 4.39 Å². The van der Waals surface area contributed by atoms with E-state index in [4.69, 9.17) is 4.74 Å². The molecule has 0 aromatic heterocycles. The second-order valence-electron chi connectivity index (χ2n) is 1.54. The Labute approximate surface area is 54.8 Å². The van der Waals surface area contributed by atoms with E-state index in [2.05, 4.69) is 6.58 Å². The first-order chi connectivity index (χ1) is 4.41. The molecule has 0 saturated carbocycles. The molecule has 0 unspecified atom stereocenters. The minimum Gasteiger partial charge on any atom is -0.502 e. The Hall–Kier alpha value is -0.790. The Kier molecular flexibility index (Phi) is 6.58. The summed E-state index contributed by atoms with van der Waals surface area (Å²) in [5, 5.41) is 0. The standard InChI is InChI=1S/C7H11FO/c1-2-9-7-5-3-4-6-8/h2,4,6H,1,3,5,7H2. The molecule has 0 spiro atoms. The van der Waals surface area contributed by atoms with Crippen LogP contribution in [0, 0.1) is 0 Å². The molecule has 0 N–H and O–H groups in total. The average Bonchev–Trinajstić information content (AvgIpc) is 1.89. The van der Waals surface area contributed by atoms with Crippen LogP contribution in [0.4, 0.5) is 4.39 Å². The normalized spacial score (nSPS) is 9.89. The molecule has 0 rings (SSSR count). The Morgan fingerprint density at radius 3 is 2.89 bits per heavy atom. The van der Waals surface area contributed by atoms with Crippen LogP contribution in [-0.2, 0) is 4.74 Å². The first kappa shape index (κ1) is 8.21. The van der Waals surface area contributed by atoms with Crippen molar-refractivity contribution in [2.75, 3.05) is 6.61 Å². The molecule has 0 aliphatic carbocycles. The molecule has 0 amide bonds. The topological polar surface area (TPSA) is 9.23 Å². The van der Waals surface area contributed by atoms with Crippen LogP contribution >= 0.6 is 0 Å². The summed E-state index contributed by atoms with van der Waals surface area (Å²) >= 11 is 0. The maximum atomic E-state index is 11.3. The monoisotopic (exact) mass is 130 g/mol. The molecule has 0 aromatic rings. The fourth-order valence-corrected chi connectivity index (χ4v) is 0.431. The molecule has 0 saturated heterocycles. The van der Waals surface area contributed by atoms with E-state index < -0.39 is 0 Å². The number of hydrogen-bond donors (Lipinski definition) is 0. The first-order valence-corrected chi connectivity index (χ1v) is 2.89. The van der Waals surface area contributed by atoms with Crippen molar-refractivity contribution in [2.45, 2.75) is 12.8 Å². The summed E-state index contributed by atoms with van der Waals surface area (Å²) in [6.45, 7) is 3.98. The lowest BCUT2D eigenvalue weighted by atomic mass is 10.3. The highest BCUT2D eigenvalue weighted by Gasteiger charge is 1.80. The zero-order valence-electron chi connectivity index (χ0n) is 5.35. The number of unbranched alkanes of at least 4 members (excludes halogenated alkanes) is 1. The lowest BCUT2D eigenvalue weighted by Crippen LogP contribution is -1.84. The fourth-order valence-electron chi connectivity index (χ4n) is 0.431. The van der Waals surface area contributed by atoms with Gasteiger partial charge in [-0.2, -0.15) is 0 Å². The van der Waals surface area contributed by atoms with Gasteiger partial charge in [0.2, 0.25) is 0 Å². The number of allylic oxidation sites excluding steroid dienone is 1. The van der Waals surface area contributed by atoms with Crippen LogP contribution in [-0.4, -0.2) is 6.61 Å². The van der Waals surface area contributed by atoms with E-state index in [-0.39, 0.29) is 0 Å². The predicted molar refractivity (Wildman–Crippen MR) is 35.6 cm³/mol. The average molecular weight is 130 g/mol. The third-order valence-electron chi connectivity index (χ3n) is 0.840. The maximum Gasteiger partial charge on any atom is 0.0876 e. The molecule has 2 heteroatoms. The molecule has 0 aliphatic rings. The minimum absolute atomic E-state index is 0.550. The van der Waals surface area contributed by atoms with E-state index in [0.29, 0.717) is 12.9 Å². The SMILES string of the molecule is C=COCCCC=CF. The van der Waals surface area contributed by atoms with Crippen molar-refractivity contribution >= 4 is 0 Å². The number of ether oxygens (including phenoxy) is 1. The minimum atomic E-state index is 0.550. The molecule has 52 valence electrons. The van der Waals surface area contributed by atoms with E-state index in [0.717, 1.165) is 12.8 Å². The Bertz CT molecular complexity index is 88.9. The second-order valence-corrected chi connectivity index (χ2v) is 1.54. The molecule has 9 heavy (non-hydrogen) atoms. The largest absolute Gasteiger partial charge is 0.502 e. The summed E-state index contributed by atoms with van der Waals surface area (Å²) in [5.41, 5.74) is 0. The van der Waals surface area contributed by atoms with Crippen molar-refractivity contribution in [1.82, 2.24) is 0 Å². The van der Waals surface area contributed by atoms with Crippen LogP contribution in [0.2, 0.25) is 0 Å². The van der Waals surface area contributed by atoms with Gasteiger partial charge in [-0.1, -0.05) is 12.7 Å². The van der Waals surface area contributed by atoms with Gasteiger partial charge in [0.05, 0.1) is 19.2 Å². The third-order valence-corrected chi connectivity index (χ3v) is 0.840. The Morgan fingerprint density at radius 1 is 1.56 bits per heavy atom. The van der Waals surface area contributed by atoms with Gasteiger partial charge in [0, 0.05) is 0 Å². The molecule has 0 aliphatic heterocycles. The molecular formula is C7H11FO. The summed E-state index contributed by atoms with van der Waals surface area (Å²) in [4.78, 5) is 0. The smallest absolute Gasteiger partial charge is 0.0876 e. The summed E-state index contributed by atoms with van der Waals surface area (Å²) in [7, 11) is 0. The Balaban J connectivity index is 2.82. The lowest BCUT2D eigenvalue weighted by molar-refractivity contribution is 0.247. The van der Waals surface area contributed by atoms with Gasteiger partial charge in [0.25, 0.3) is 0 Å². The van der Waals surface area contributed by atoms with E-state index in [9.17, 15) is 4.39 Å². The summed E-state index contributed by atoms with van der Waals surface area (Å²) in [6.07, 6.45) is 4.97. The van der Waals surface area contributed by atoms with Gasteiger partial charge in [-0.15, -0.1) is 0 Å². The number of rotatable bonds is 5. The van der Waals surface area contributed by atoms with Crippen LogP contribution in [0.5, 0.6) is 0 Å². The quantitative estimate of drug-likeness (QED) is 0.410. The predicted octanol–water partition coefficient (Wildman–Crippen LogP) is 2.41. The molecule has 0 heterocycles. The summed E-state index contributed by atoms with van der Waals surface area (Å²) in [6, 6.07) is 0. The van der Waals surface area contributed by atoms with Gasteiger partial charge in [0.1, 0.15) is 0 Å². The molecular weight excluding hydrogens is 119 g/mol.